The van der Waals surface area contributed by atoms with Crippen LogP contribution in [0.25, 0.3) is 0 Å². The Bertz CT molecular complexity index is 1130. The highest BCUT2D eigenvalue weighted by Gasteiger charge is 2.32. The van der Waals surface area contributed by atoms with Gasteiger partial charge >= 0.3 is 0 Å². The molecule has 5 aliphatic rings. The first kappa shape index (κ1) is 45.8. The summed E-state index contributed by atoms with van der Waals surface area (Å²) in [5, 5.41) is 35.8. The zero-order valence-corrected chi connectivity index (χ0v) is 34.7. The highest BCUT2D eigenvalue weighted by atomic mass is 16.3. The van der Waals surface area contributed by atoms with E-state index >= 15 is 0 Å². The molecule has 0 bridgehead atoms. The third-order valence-electron chi connectivity index (χ3n) is 12.4. The number of carbonyl (C=O) groups is 1. The van der Waals surface area contributed by atoms with E-state index in [2.05, 4.69) is 71.4 Å². The lowest BCUT2D eigenvalue weighted by Crippen LogP contribution is -2.51. The number of allylic oxidation sites excluding steroid dienone is 3. The second kappa shape index (κ2) is 23.4. The van der Waals surface area contributed by atoms with Crippen LogP contribution >= 0.6 is 0 Å². The molecular weight excluding hydrogens is 665 g/mol. The zero-order chi connectivity index (χ0) is 38.7. The molecule has 6 atom stereocenters. The van der Waals surface area contributed by atoms with E-state index in [1.807, 2.05) is 37.2 Å². The number of aliphatic hydroxyl groups excluding tert-OH is 3. The zero-order valence-electron chi connectivity index (χ0n) is 34.7. The van der Waals surface area contributed by atoms with Gasteiger partial charge in [-0.05, 0) is 107 Å². The van der Waals surface area contributed by atoms with Crippen LogP contribution in [0.4, 0.5) is 0 Å². The van der Waals surface area contributed by atoms with Crippen molar-refractivity contribution in [3.8, 4) is 0 Å². The van der Waals surface area contributed by atoms with Gasteiger partial charge in [0, 0.05) is 79.0 Å². The Kier molecular flexibility index (Phi) is 20.2. The van der Waals surface area contributed by atoms with E-state index in [1.165, 1.54) is 45.6 Å². The molecule has 0 aromatic rings. The molecular formula is C43H80N6O4. The van der Waals surface area contributed by atoms with Crippen LogP contribution in [0.2, 0.25) is 0 Å². The summed E-state index contributed by atoms with van der Waals surface area (Å²) >= 11 is 0. The Morgan fingerprint density at radius 2 is 1.09 bits per heavy atom. The monoisotopic (exact) mass is 745 g/mol. The maximum Gasteiger partial charge on any atom is 0.236 e. The van der Waals surface area contributed by atoms with Gasteiger partial charge in [-0.2, -0.15) is 0 Å². The average Bonchev–Trinajstić information content (AvgIpc) is 3.11. The van der Waals surface area contributed by atoms with Crippen molar-refractivity contribution in [1.29, 1.82) is 0 Å². The van der Waals surface area contributed by atoms with Crippen molar-refractivity contribution in [1.82, 2.24) is 30.2 Å². The van der Waals surface area contributed by atoms with Gasteiger partial charge in [-0.1, -0.05) is 57.2 Å². The summed E-state index contributed by atoms with van der Waals surface area (Å²) in [4.78, 5) is 20.9. The molecule has 2 heterocycles. The van der Waals surface area contributed by atoms with Gasteiger partial charge < -0.3 is 40.7 Å². The number of carbonyl (C=O) groups excluding carboxylic acids is 1. The van der Waals surface area contributed by atoms with Gasteiger partial charge in [-0.15, -0.1) is 0 Å². The molecule has 6 unspecified atom stereocenters. The fourth-order valence-electron chi connectivity index (χ4n) is 8.33. The molecule has 10 nitrogen and oxygen atoms in total. The lowest BCUT2D eigenvalue weighted by Gasteiger charge is -2.40. The third-order valence-corrected chi connectivity index (χ3v) is 12.4. The van der Waals surface area contributed by atoms with Crippen molar-refractivity contribution in [3.05, 3.63) is 36.5 Å². The maximum absolute atomic E-state index is 11.8. The molecule has 0 aromatic carbocycles. The molecule has 2 aliphatic heterocycles. The van der Waals surface area contributed by atoms with Crippen LogP contribution in [0.5, 0.6) is 0 Å². The highest BCUT2D eigenvalue weighted by Crippen LogP contribution is 2.35. The first-order valence-electron chi connectivity index (χ1n) is 21.0. The first-order chi connectivity index (χ1) is 25.2. The molecule has 306 valence electrons. The minimum Gasteiger partial charge on any atom is -0.389 e. The van der Waals surface area contributed by atoms with Crippen molar-refractivity contribution in [2.24, 2.45) is 16.2 Å². The molecule has 2 fully saturated rings. The van der Waals surface area contributed by atoms with Crippen LogP contribution < -0.4 is 10.6 Å². The van der Waals surface area contributed by atoms with Crippen LogP contribution in [0, 0.1) is 16.2 Å². The standard InChI is InChI=1S/C15H26N2O2.C15H28N2O.C13H26N2O/c1-15(7-4-3-5-13(18)6-8-15)12-17-10-9-16(2)14(19)11-17;1-15(7-4-3-5-14(18)6-8-15)13-17-11-9-16(2)10-12-17;1-13(11-15-10-9-14-2)7-4-3-5-12(16)6-8-13/h3,5,13,18H,4,6-12H2,1-2H3;3,5,14,18H,4,6-13H2,1-2H3;3,5,12,14-16H,4,6-11H2,1-2H3/b3*5-3-. The molecule has 1 amide bonds. The third kappa shape index (κ3) is 18.2. The topological polar surface area (TPSA) is 115 Å². The first-order valence-corrected chi connectivity index (χ1v) is 21.0. The van der Waals surface area contributed by atoms with Gasteiger partial charge in [0.15, 0.2) is 0 Å². The molecule has 0 spiro atoms. The molecule has 5 rings (SSSR count). The average molecular weight is 745 g/mol. The van der Waals surface area contributed by atoms with Crippen LogP contribution in [0.3, 0.4) is 0 Å². The van der Waals surface area contributed by atoms with Gasteiger partial charge in [-0.3, -0.25) is 9.69 Å². The van der Waals surface area contributed by atoms with Crippen LogP contribution in [0.1, 0.15) is 97.8 Å². The lowest BCUT2D eigenvalue weighted by molar-refractivity contribution is -0.135. The number of hydrogen-bond acceptors (Lipinski definition) is 9. The molecule has 0 radical (unpaired) electrons. The number of piperazine rings is 2. The Labute approximate surface area is 324 Å². The SMILES string of the molecule is CN1CCN(CC2(C)CC/C=C\C(O)CC2)CC1.CN1CCN(CC2(C)CC/C=C\C(O)CC2)CC1=O.CNCCNCC1(C)CC/C=C\C(O)CC1. The van der Waals surface area contributed by atoms with Crippen LogP contribution in [-0.2, 0) is 4.79 Å². The highest BCUT2D eigenvalue weighted by molar-refractivity contribution is 5.78. The Balaban J connectivity index is 0.000000215. The van der Waals surface area contributed by atoms with Gasteiger partial charge in [-0.25, -0.2) is 0 Å². The summed E-state index contributed by atoms with van der Waals surface area (Å²) in [7, 11) is 6.05. The molecule has 5 N–H and O–H groups in total. The number of hydrogen-bond donors (Lipinski definition) is 5. The molecule has 2 saturated heterocycles. The molecule has 0 aromatic heterocycles. The molecule has 10 heteroatoms. The second-order valence-electron chi connectivity index (χ2n) is 18.0. The Hall–Kier alpha value is -1.63. The Morgan fingerprint density at radius 3 is 1.58 bits per heavy atom. The predicted molar refractivity (Wildman–Crippen MR) is 220 cm³/mol. The fraction of sp³-hybridized carbons (Fsp3) is 0.837. The number of rotatable bonds is 9. The molecule has 53 heavy (non-hydrogen) atoms. The van der Waals surface area contributed by atoms with E-state index in [0.29, 0.717) is 17.4 Å². The summed E-state index contributed by atoms with van der Waals surface area (Å²) in [6, 6.07) is 0. The number of amides is 1. The lowest BCUT2D eigenvalue weighted by atomic mass is 9.78. The number of aliphatic hydroxyl groups is 3. The minimum absolute atomic E-state index is 0.210. The van der Waals surface area contributed by atoms with Crippen molar-refractivity contribution in [2.45, 2.75) is 116 Å². The van der Waals surface area contributed by atoms with Crippen molar-refractivity contribution >= 4 is 5.91 Å². The maximum atomic E-state index is 11.8. The van der Waals surface area contributed by atoms with Crippen molar-refractivity contribution < 1.29 is 20.1 Å². The van der Waals surface area contributed by atoms with E-state index in [-0.39, 0.29) is 29.6 Å². The van der Waals surface area contributed by atoms with Crippen molar-refractivity contribution in [3.63, 3.8) is 0 Å². The second-order valence-corrected chi connectivity index (χ2v) is 18.0. The van der Waals surface area contributed by atoms with Crippen molar-refractivity contribution in [2.75, 3.05) is 99.7 Å². The van der Waals surface area contributed by atoms with E-state index < -0.39 is 0 Å². The smallest absolute Gasteiger partial charge is 0.236 e. The summed E-state index contributed by atoms with van der Waals surface area (Å²) in [5.41, 5.74) is 0.920. The van der Waals surface area contributed by atoms with Gasteiger partial charge in [0.25, 0.3) is 0 Å². The largest absolute Gasteiger partial charge is 0.389 e. The summed E-state index contributed by atoms with van der Waals surface area (Å²) < 4.78 is 0. The minimum atomic E-state index is -0.297. The van der Waals surface area contributed by atoms with Gasteiger partial charge in [0.05, 0.1) is 24.9 Å². The van der Waals surface area contributed by atoms with E-state index in [4.69, 9.17) is 0 Å². The normalized spacial score (nSPS) is 35.8. The Morgan fingerprint density at radius 1 is 0.642 bits per heavy atom. The summed E-state index contributed by atoms with van der Waals surface area (Å²) in [5.74, 6) is 0.223. The summed E-state index contributed by atoms with van der Waals surface area (Å²) in [6.45, 7) is 19.4. The van der Waals surface area contributed by atoms with E-state index in [0.717, 1.165) is 103 Å². The predicted octanol–water partition coefficient (Wildman–Crippen LogP) is 4.28. The quantitative estimate of drug-likeness (QED) is 0.175. The van der Waals surface area contributed by atoms with Crippen LogP contribution in [0.15, 0.2) is 36.5 Å². The van der Waals surface area contributed by atoms with Gasteiger partial charge in [0.1, 0.15) is 0 Å². The van der Waals surface area contributed by atoms with Gasteiger partial charge in [0.2, 0.25) is 5.91 Å². The molecule has 0 saturated carbocycles. The van der Waals surface area contributed by atoms with E-state index in [9.17, 15) is 20.1 Å². The molecule has 3 aliphatic carbocycles. The van der Waals surface area contributed by atoms with E-state index in [1.54, 1.807) is 0 Å². The van der Waals surface area contributed by atoms with Crippen LogP contribution in [-0.4, -0.2) is 159 Å². The number of likely N-dealkylation sites (N-methyl/N-ethyl adjacent to an activating group) is 3. The fourth-order valence-corrected chi connectivity index (χ4v) is 8.33. The number of nitrogens with zero attached hydrogens (tertiary/aromatic N) is 4. The number of nitrogens with one attached hydrogen (secondary N) is 2. The summed E-state index contributed by atoms with van der Waals surface area (Å²) in [6.07, 6.45) is 24.2.